The highest BCUT2D eigenvalue weighted by molar-refractivity contribution is 7.12. The molecule has 0 radical (unpaired) electrons. The summed E-state index contributed by atoms with van der Waals surface area (Å²) in [4.78, 5) is 12.3. The van der Waals surface area contributed by atoms with Gasteiger partial charge in [-0.3, -0.25) is 0 Å². The first-order valence-electron chi connectivity index (χ1n) is 5.66. The normalized spacial score (nSPS) is 10.8. The molecule has 1 heterocycles. The lowest BCUT2D eigenvalue weighted by atomic mass is 10.1. The minimum atomic E-state index is -0.461. The number of halogens is 5. The molecule has 0 unspecified atom stereocenters. The third kappa shape index (κ3) is 3.14. The largest absolute Gasteiger partial charge is 0.462 e. The van der Waals surface area contributed by atoms with Crippen LogP contribution in [-0.4, -0.2) is 12.6 Å². The Morgan fingerprint density at radius 3 is 2.10 bits per heavy atom. The number of esters is 1. The van der Waals surface area contributed by atoms with Crippen molar-refractivity contribution in [2.45, 2.75) is 6.92 Å². The van der Waals surface area contributed by atoms with Crippen molar-refractivity contribution in [2.24, 2.45) is 0 Å². The molecule has 2 nitrogen and oxygen atoms in total. The van der Waals surface area contributed by atoms with E-state index >= 15 is 0 Å². The molecule has 1 aromatic heterocycles. The van der Waals surface area contributed by atoms with Crippen LogP contribution in [0.1, 0.15) is 16.6 Å². The summed E-state index contributed by atoms with van der Waals surface area (Å²) >= 11 is 31.7. The van der Waals surface area contributed by atoms with Crippen LogP contribution < -0.4 is 0 Å². The van der Waals surface area contributed by atoms with Crippen LogP contribution in [-0.2, 0) is 4.74 Å². The van der Waals surface area contributed by atoms with Gasteiger partial charge in [0.25, 0.3) is 0 Å². The molecule has 2 rings (SSSR count). The molecule has 1 aromatic carbocycles. The highest BCUT2D eigenvalue weighted by atomic mass is 35.5. The second-order valence-corrected chi connectivity index (χ2v) is 6.63. The summed E-state index contributed by atoms with van der Waals surface area (Å²) in [5.74, 6) is -0.461. The molecule has 0 fully saturated rings. The van der Waals surface area contributed by atoms with E-state index in [0.29, 0.717) is 16.0 Å². The molecule has 21 heavy (non-hydrogen) atoms. The second-order valence-electron chi connectivity index (χ2n) is 3.83. The van der Waals surface area contributed by atoms with Crippen molar-refractivity contribution in [1.29, 1.82) is 0 Å². The molecule has 112 valence electrons. The zero-order chi connectivity index (χ0) is 15.7. The van der Waals surface area contributed by atoms with Crippen molar-refractivity contribution >= 4 is 75.3 Å². The number of carbonyl (C=O) groups excluding carboxylic acids is 1. The predicted octanol–water partition coefficient (Wildman–Crippen LogP) is 6.86. The van der Waals surface area contributed by atoms with Gasteiger partial charge in [-0.15, -0.1) is 11.3 Å². The zero-order valence-corrected chi connectivity index (χ0v) is 15.1. The minimum absolute atomic E-state index is 0.0741. The monoisotopic (exact) mass is 402 g/mol. The Balaban J connectivity index is 2.70. The second kappa shape index (κ2) is 6.95. The molecule has 0 N–H and O–H groups in total. The van der Waals surface area contributed by atoms with Crippen molar-refractivity contribution < 1.29 is 9.53 Å². The zero-order valence-electron chi connectivity index (χ0n) is 10.5. The fraction of sp³-hybridized carbons (Fsp3) is 0.154. The Kier molecular flexibility index (Phi) is 5.69. The molecule has 0 saturated carbocycles. The van der Waals surface area contributed by atoms with Crippen molar-refractivity contribution in [3.8, 4) is 11.1 Å². The van der Waals surface area contributed by atoms with E-state index in [9.17, 15) is 4.79 Å². The van der Waals surface area contributed by atoms with Crippen LogP contribution in [0, 0.1) is 0 Å². The lowest BCUT2D eigenvalue weighted by Gasteiger charge is -2.12. The number of carbonyl (C=O) groups is 1. The number of rotatable bonds is 3. The van der Waals surface area contributed by atoms with Gasteiger partial charge in [-0.2, -0.15) is 0 Å². The Labute approximate surface area is 150 Å². The number of hydrogen-bond acceptors (Lipinski definition) is 3. The van der Waals surface area contributed by atoms with Gasteiger partial charge in [0.1, 0.15) is 4.88 Å². The lowest BCUT2D eigenvalue weighted by molar-refractivity contribution is 0.0533. The van der Waals surface area contributed by atoms with E-state index in [4.69, 9.17) is 62.7 Å². The van der Waals surface area contributed by atoms with E-state index in [1.807, 2.05) is 0 Å². The van der Waals surface area contributed by atoms with Gasteiger partial charge < -0.3 is 4.74 Å². The van der Waals surface area contributed by atoms with Gasteiger partial charge >= 0.3 is 5.97 Å². The Hall–Kier alpha value is -0.160. The SMILES string of the molecule is CCOC(=O)c1sccc1-c1c(Cl)c(Cl)c(Cl)c(Cl)c1Cl. The summed E-state index contributed by atoms with van der Waals surface area (Å²) in [6.07, 6.45) is 0. The lowest BCUT2D eigenvalue weighted by Crippen LogP contribution is -2.04. The maximum atomic E-state index is 12.0. The first kappa shape index (κ1) is 17.2. The van der Waals surface area contributed by atoms with Gasteiger partial charge in [0, 0.05) is 11.1 Å². The highest BCUT2D eigenvalue weighted by Crippen LogP contribution is 2.49. The van der Waals surface area contributed by atoms with E-state index < -0.39 is 5.97 Å². The molecule has 0 atom stereocenters. The van der Waals surface area contributed by atoms with Crippen LogP contribution in [0.25, 0.3) is 11.1 Å². The minimum Gasteiger partial charge on any atom is -0.462 e. The van der Waals surface area contributed by atoms with E-state index in [1.165, 1.54) is 11.3 Å². The number of hydrogen-bond donors (Lipinski definition) is 0. The topological polar surface area (TPSA) is 26.3 Å². The number of benzene rings is 1. The summed E-state index contributed by atoms with van der Waals surface area (Å²) < 4.78 is 5.01. The van der Waals surface area contributed by atoms with Crippen LogP contribution in [0.3, 0.4) is 0 Å². The summed E-state index contributed by atoms with van der Waals surface area (Å²) in [5, 5.41) is 2.25. The Bertz CT molecular complexity index is 682. The van der Waals surface area contributed by atoms with Gasteiger partial charge in [0.05, 0.1) is 31.7 Å². The number of thiophene rings is 1. The van der Waals surface area contributed by atoms with Crippen molar-refractivity contribution in [1.82, 2.24) is 0 Å². The van der Waals surface area contributed by atoms with Gasteiger partial charge in [-0.1, -0.05) is 58.0 Å². The fourth-order valence-electron chi connectivity index (χ4n) is 1.70. The summed E-state index contributed by atoms with van der Waals surface area (Å²) in [7, 11) is 0. The Morgan fingerprint density at radius 2 is 1.57 bits per heavy atom. The third-order valence-corrected chi connectivity index (χ3v) is 5.78. The van der Waals surface area contributed by atoms with Gasteiger partial charge in [0.2, 0.25) is 0 Å². The van der Waals surface area contributed by atoms with Crippen LogP contribution in [0.15, 0.2) is 11.4 Å². The first-order valence-corrected chi connectivity index (χ1v) is 8.43. The molecule has 8 heteroatoms. The third-order valence-electron chi connectivity index (χ3n) is 2.61. The molecule has 2 aromatic rings. The molecule has 0 aliphatic heterocycles. The average molecular weight is 405 g/mol. The van der Waals surface area contributed by atoms with E-state index in [-0.39, 0.29) is 31.7 Å². The molecule has 0 saturated heterocycles. The van der Waals surface area contributed by atoms with E-state index in [2.05, 4.69) is 0 Å². The van der Waals surface area contributed by atoms with Crippen molar-refractivity contribution in [3.63, 3.8) is 0 Å². The Morgan fingerprint density at radius 1 is 1.05 bits per heavy atom. The standard InChI is InChI=1S/C13H7Cl5O2S/c1-2-20-13(19)12-5(3-4-21-12)6-7(14)9(16)11(18)10(17)8(6)15/h3-4H,2H2,1H3. The number of ether oxygens (including phenoxy) is 1. The maximum absolute atomic E-state index is 12.0. The smallest absolute Gasteiger partial charge is 0.348 e. The van der Waals surface area contributed by atoms with E-state index in [1.54, 1.807) is 18.4 Å². The van der Waals surface area contributed by atoms with Crippen molar-refractivity contribution in [2.75, 3.05) is 6.61 Å². The van der Waals surface area contributed by atoms with Gasteiger partial charge in [-0.25, -0.2) is 4.79 Å². The summed E-state index contributed by atoms with van der Waals surface area (Å²) in [6.45, 7) is 1.99. The molecular formula is C13H7Cl5O2S. The molecule has 0 aliphatic carbocycles. The van der Waals surface area contributed by atoms with Crippen LogP contribution in [0.2, 0.25) is 25.1 Å². The van der Waals surface area contributed by atoms with Crippen LogP contribution in [0.4, 0.5) is 0 Å². The fourth-order valence-corrected chi connectivity index (χ4v) is 3.84. The molecule has 0 amide bonds. The van der Waals surface area contributed by atoms with E-state index in [0.717, 1.165) is 0 Å². The molecule has 0 spiro atoms. The quantitative estimate of drug-likeness (QED) is 0.317. The predicted molar refractivity (Wildman–Crippen MR) is 90.8 cm³/mol. The first-order chi connectivity index (χ1) is 9.90. The summed E-state index contributed by atoms with van der Waals surface area (Å²) in [6, 6.07) is 1.70. The van der Waals surface area contributed by atoms with Crippen LogP contribution in [0.5, 0.6) is 0 Å². The summed E-state index contributed by atoms with van der Waals surface area (Å²) in [5.41, 5.74) is 0.871. The van der Waals surface area contributed by atoms with Gasteiger partial charge in [-0.05, 0) is 18.4 Å². The average Bonchev–Trinajstić information content (AvgIpc) is 2.93. The molecule has 0 aliphatic rings. The molecular weight excluding hydrogens is 397 g/mol. The molecule has 0 bridgehead atoms. The van der Waals surface area contributed by atoms with Crippen LogP contribution >= 0.6 is 69.3 Å². The maximum Gasteiger partial charge on any atom is 0.348 e. The van der Waals surface area contributed by atoms with Crippen molar-refractivity contribution in [3.05, 3.63) is 41.4 Å². The van der Waals surface area contributed by atoms with Gasteiger partial charge in [0.15, 0.2) is 0 Å². The highest BCUT2D eigenvalue weighted by Gasteiger charge is 2.25.